The maximum absolute atomic E-state index is 12.6. The fourth-order valence-electron chi connectivity index (χ4n) is 3.18. The predicted molar refractivity (Wildman–Crippen MR) is 73.2 cm³/mol. The number of phenols is 1. The molecule has 1 amide bonds. The summed E-state index contributed by atoms with van der Waals surface area (Å²) in [4.78, 5) is 24.5. The maximum Gasteiger partial charge on any atom is 0.311 e. The summed E-state index contributed by atoms with van der Waals surface area (Å²) in [5.41, 5.74) is -0.464. The molecule has 3 rings (SSSR count). The Morgan fingerprint density at radius 3 is 3.00 bits per heavy atom. The molecule has 2 atom stereocenters. The first kappa shape index (κ1) is 13.8. The number of phenolic OH excluding ortho intramolecular Hbond substituents is 1. The zero-order valence-electron chi connectivity index (χ0n) is 11.4. The molecule has 1 N–H and O–H groups in total. The summed E-state index contributed by atoms with van der Waals surface area (Å²) in [6.07, 6.45) is 2.84. The minimum absolute atomic E-state index is 0.00455. The van der Waals surface area contributed by atoms with Gasteiger partial charge in [0, 0.05) is 12.6 Å². The number of nitro benzene ring substituents is 1. The van der Waals surface area contributed by atoms with Crippen molar-refractivity contribution in [3.05, 3.63) is 33.9 Å². The van der Waals surface area contributed by atoms with E-state index in [9.17, 15) is 20.0 Å². The van der Waals surface area contributed by atoms with Gasteiger partial charge in [-0.05, 0) is 25.3 Å². The summed E-state index contributed by atoms with van der Waals surface area (Å²) in [6, 6.07) is 4.02. The number of carbonyl (C=O) groups excluding carboxylic acids is 1. The second-order valence-electron chi connectivity index (χ2n) is 5.34. The van der Waals surface area contributed by atoms with Crippen LogP contribution < -0.4 is 0 Å². The number of nitro groups is 1. The first-order valence-electron chi connectivity index (χ1n) is 6.98. The van der Waals surface area contributed by atoms with Gasteiger partial charge >= 0.3 is 5.69 Å². The van der Waals surface area contributed by atoms with Crippen LogP contribution in [0.25, 0.3) is 0 Å². The molecule has 1 heterocycles. The number of morpholine rings is 1. The molecule has 112 valence electrons. The number of amides is 1. The predicted octanol–water partition coefficient (Wildman–Crippen LogP) is 1.69. The molecule has 1 saturated carbocycles. The molecular weight excluding hydrogens is 276 g/mol. The number of hydrogen-bond acceptors (Lipinski definition) is 5. The van der Waals surface area contributed by atoms with Crippen LogP contribution in [-0.4, -0.2) is 46.1 Å². The van der Waals surface area contributed by atoms with Gasteiger partial charge in [-0.3, -0.25) is 14.9 Å². The molecule has 0 aromatic heterocycles. The van der Waals surface area contributed by atoms with Gasteiger partial charge in [-0.15, -0.1) is 0 Å². The smallest absolute Gasteiger partial charge is 0.311 e. The lowest BCUT2D eigenvalue weighted by Gasteiger charge is -2.37. The average Bonchev–Trinajstić information content (AvgIpc) is 2.94. The van der Waals surface area contributed by atoms with Crippen molar-refractivity contribution in [2.75, 3.05) is 13.2 Å². The molecule has 21 heavy (non-hydrogen) atoms. The van der Waals surface area contributed by atoms with E-state index in [-0.39, 0.29) is 23.6 Å². The van der Waals surface area contributed by atoms with Crippen LogP contribution in [0, 0.1) is 10.1 Å². The number of aromatic hydroxyl groups is 1. The summed E-state index contributed by atoms with van der Waals surface area (Å²) in [5.74, 6) is -0.926. The second-order valence-corrected chi connectivity index (χ2v) is 5.34. The number of benzene rings is 1. The van der Waals surface area contributed by atoms with Crippen LogP contribution in [0.5, 0.6) is 5.75 Å². The third-order valence-corrected chi connectivity index (χ3v) is 4.18. The summed E-state index contributed by atoms with van der Waals surface area (Å²) in [5, 5.41) is 20.8. The van der Waals surface area contributed by atoms with Crippen molar-refractivity contribution in [2.24, 2.45) is 0 Å². The summed E-state index contributed by atoms with van der Waals surface area (Å²) in [6.45, 7) is 0.907. The normalized spacial score (nSPS) is 24.7. The Kier molecular flexibility index (Phi) is 3.50. The van der Waals surface area contributed by atoms with Crippen molar-refractivity contribution in [1.29, 1.82) is 0 Å². The molecule has 1 saturated heterocycles. The van der Waals surface area contributed by atoms with Crippen LogP contribution in [0.1, 0.15) is 29.6 Å². The van der Waals surface area contributed by atoms with E-state index in [1.807, 2.05) is 0 Å². The van der Waals surface area contributed by atoms with Gasteiger partial charge in [0.1, 0.15) is 0 Å². The van der Waals surface area contributed by atoms with E-state index in [1.165, 1.54) is 18.2 Å². The molecule has 0 spiro atoms. The van der Waals surface area contributed by atoms with Gasteiger partial charge in [0.15, 0.2) is 0 Å². The van der Waals surface area contributed by atoms with E-state index in [2.05, 4.69) is 0 Å². The molecule has 2 unspecified atom stereocenters. The van der Waals surface area contributed by atoms with Gasteiger partial charge in [0.25, 0.3) is 5.91 Å². The van der Waals surface area contributed by atoms with E-state index in [0.29, 0.717) is 13.2 Å². The minimum Gasteiger partial charge on any atom is -0.502 e. The number of hydrogen-bond donors (Lipinski definition) is 1. The Morgan fingerprint density at radius 2 is 2.24 bits per heavy atom. The summed E-state index contributed by atoms with van der Waals surface area (Å²) in [7, 11) is 0. The molecule has 1 aliphatic carbocycles. The van der Waals surface area contributed by atoms with Crippen molar-refractivity contribution in [3.63, 3.8) is 0 Å². The number of carbonyl (C=O) groups is 1. The van der Waals surface area contributed by atoms with Crippen molar-refractivity contribution < 1.29 is 19.6 Å². The van der Waals surface area contributed by atoms with Gasteiger partial charge in [-0.2, -0.15) is 0 Å². The minimum atomic E-state index is -0.691. The number of para-hydroxylation sites is 1. The molecule has 0 radical (unpaired) electrons. The van der Waals surface area contributed by atoms with Crippen LogP contribution in [-0.2, 0) is 4.74 Å². The van der Waals surface area contributed by atoms with Crippen LogP contribution in [0.2, 0.25) is 0 Å². The summed E-state index contributed by atoms with van der Waals surface area (Å²) < 4.78 is 5.65. The lowest BCUT2D eigenvalue weighted by Crippen LogP contribution is -2.51. The monoisotopic (exact) mass is 292 g/mol. The number of rotatable bonds is 2. The number of ether oxygens (including phenoxy) is 1. The first-order valence-corrected chi connectivity index (χ1v) is 6.98. The van der Waals surface area contributed by atoms with Crippen molar-refractivity contribution in [1.82, 2.24) is 4.90 Å². The Bertz CT molecular complexity index is 589. The number of nitrogens with zero attached hydrogens (tertiary/aromatic N) is 2. The van der Waals surface area contributed by atoms with E-state index in [0.717, 1.165) is 19.3 Å². The number of fused-ring (bicyclic) bond motifs is 1. The first-order chi connectivity index (χ1) is 10.1. The van der Waals surface area contributed by atoms with Crippen molar-refractivity contribution in [3.8, 4) is 5.75 Å². The largest absolute Gasteiger partial charge is 0.502 e. The molecule has 7 heteroatoms. The van der Waals surface area contributed by atoms with Gasteiger partial charge < -0.3 is 14.7 Å². The highest BCUT2D eigenvalue weighted by Crippen LogP contribution is 2.34. The highest BCUT2D eigenvalue weighted by molar-refractivity contribution is 5.98. The molecule has 1 aliphatic heterocycles. The van der Waals surface area contributed by atoms with Gasteiger partial charge in [-0.1, -0.05) is 6.07 Å². The van der Waals surface area contributed by atoms with Crippen molar-refractivity contribution >= 4 is 11.6 Å². The Morgan fingerprint density at radius 1 is 1.43 bits per heavy atom. The molecular formula is C14H16N2O5. The van der Waals surface area contributed by atoms with Crippen molar-refractivity contribution in [2.45, 2.75) is 31.4 Å². The highest BCUT2D eigenvalue weighted by Gasteiger charge is 2.39. The van der Waals surface area contributed by atoms with Crippen LogP contribution >= 0.6 is 0 Å². The molecule has 2 aliphatic rings. The third kappa shape index (κ3) is 2.33. The third-order valence-electron chi connectivity index (χ3n) is 4.18. The lowest BCUT2D eigenvalue weighted by molar-refractivity contribution is -0.385. The second kappa shape index (κ2) is 5.33. The fraction of sp³-hybridized carbons (Fsp3) is 0.500. The molecule has 7 nitrogen and oxygen atoms in total. The van der Waals surface area contributed by atoms with Crippen LogP contribution in [0.3, 0.4) is 0 Å². The fourth-order valence-corrected chi connectivity index (χ4v) is 3.18. The Labute approximate surface area is 121 Å². The average molecular weight is 292 g/mol. The molecule has 1 aromatic carbocycles. The summed E-state index contributed by atoms with van der Waals surface area (Å²) >= 11 is 0. The van der Waals surface area contributed by atoms with Gasteiger partial charge in [0.2, 0.25) is 5.75 Å². The van der Waals surface area contributed by atoms with Gasteiger partial charge in [-0.25, -0.2) is 0 Å². The van der Waals surface area contributed by atoms with E-state index in [1.54, 1.807) is 4.90 Å². The molecule has 0 bridgehead atoms. The van der Waals surface area contributed by atoms with E-state index < -0.39 is 16.4 Å². The SMILES string of the molecule is O=C(c1cccc([N+](=O)[O-])c1O)N1CCOC2CCCC21. The quantitative estimate of drug-likeness (QED) is 0.661. The Hall–Kier alpha value is -2.15. The topological polar surface area (TPSA) is 92.9 Å². The standard InChI is InChI=1S/C14H16N2O5/c17-13-9(3-1-5-11(13)16(19)20)14(18)15-7-8-21-12-6-2-4-10(12)15/h1,3,5,10,12,17H,2,4,6-8H2. The highest BCUT2D eigenvalue weighted by atomic mass is 16.6. The zero-order chi connectivity index (χ0) is 15.0. The molecule has 1 aromatic rings. The lowest BCUT2D eigenvalue weighted by atomic mass is 10.1. The van der Waals surface area contributed by atoms with E-state index >= 15 is 0 Å². The zero-order valence-corrected chi connectivity index (χ0v) is 11.4. The molecule has 2 fully saturated rings. The van der Waals surface area contributed by atoms with Crippen LogP contribution in [0.4, 0.5) is 5.69 Å². The van der Waals surface area contributed by atoms with E-state index in [4.69, 9.17) is 4.74 Å². The van der Waals surface area contributed by atoms with Gasteiger partial charge in [0.05, 0.1) is 29.2 Å². The van der Waals surface area contributed by atoms with Crippen LogP contribution in [0.15, 0.2) is 18.2 Å². The maximum atomic E-state index is 12.6. The Balaban J connectivity index is 1.91.